The number of methoxy groups -OCH3 is 2. The molecule has 0 saturated carbocycles. The summed E-state index contributed by atoms with van der Waals surface area (Å²) in [6, 6.07) is 13.0. The predicted octanol–water partition coefficient (Wildman–Crippen LogP) is 4.10. The molecule has 0 aliphatic heterocycles. The van der Waals surface area contributed by atoms with Crippen LogP contribution in [0.2, 0.25) is 0 Å². The van der Waals surface area contributed by atoms with Gasteiger partial charge in [0.05, 0.1) is 25.7 Å². The van der Waals surface area contributed by atoms with Gasteiger partial charge in [-0.25, -0.2) is 0 Å². The molecule has 3 aromatic rings. The Balaban J connectivity index is 1.65. The van der Waals surface area contributed by atoms with Gasteiger partial charge in [-0.2, -0.15) is 0 Å². The smallest absolute Gasteiger partial charge is 0.234 e. The van der Waals surface area contributed by atoms with E-state index in [1.54, 1.807) is 32.4 Å². The SMILES string of the molecule is C=CCn1c(COc2ccc(C)cc2OC)nnc1SCC(=O)Nc1ccccc1OC. The van der Waals surface area contributed by atoms with Crippen LogP contribution in [-0.4, -0.2) is 40.6 Å². The zero-order valence-electron chi connectivity index (χ0n) is 18.3. The molecule has 0 bridgehead atoms. The van der Waals surface area contributed by atoms with Crippen LogP contribution in [0.4, 0.5) is 5.69 Å². The Morgan fingerprint density at radius 1 is 1.12 bits per heavy atom. The number of anilines is 1. The molecule has 0 atom stereocenters. The number of amides is 1. The number of ether oxygens (including phenoxy) is 3. The van der Waals surface area contributed by atoms with Crippen molar-refractivity contribution in [1.29, 1.82) is 0 Å². The Kier molecular flexibility index (Phi) is 8.15. The Bertz CT molecular complexity index is 1080. The van der Waals surface area contributed by atoms with Gasteiger partial charge in [0.1, 0.15) is 12.4 Å². The molecule has 3 rings (SSSR count). The highest BCUT2D eigenvalue weighted by atomic mass is 32.2. The molecule has 1 aromatic heterocycles. The summed E-state index contributed by atoms with van der Waals surface area (Å²) in [7, 11) is 3.17. The van der Waals surface area contributed by atoms with Crippen LogP contribution in [0.1, 0.15) is 11.4 Å². The maximum absolute atomic E-state index is 12.4. The summed E-state index contributed by atoms with van der Waals surface area (Å²) in [6.07, 6.45) is 1.75. The molecule has 1 amide bonds. The van der Waals surface area contributed by atoms with Gasteiger partial charge in [0.15, 0.2) is 22.5 Å². The molecule has 0 fully saturated rings. The second-order valence-corrected chi connectivity index (χ2v) is 7.72. The van der Waals surface area contributed by atoms with Crippen LogP contribution in [0.15, 0.2) is 60.3 Å². The first kappa shape index (κ1) is 23.2. The van der Waals surface area contributed by atoms with E-state index >= 15 is 0 Å². The van der Waals surface area contributed by atoms with Gasteiger partial charge in [-0.1, -0.05) is 36.0 Å². The quantitative estimate of drug-likeness (QED) is 0.345. The van der Waals surface area contributed by atoms with Crippen molar-refractivity contribution < 1.29 is 19.0 Å². The fraction of sp³-hybridized carbons (Fsp3) is 0.261. The summed E-state index contributed by atoms with van der Waals surface area (Å²) in [4.78, 5) is 12.4. The summed E-state index contributed by atoms with van der Waals surface area (Å²) in [6.45, 7) is 6.49. The number of benzene rings is 2. The van der Waals surface area contributed by atoms with Gasteiger partial charge in [0, 0.05) is 6.54 Å². The lowest BCUT2D eigenvalue weighted by atomic mass is 10.2. The largest absolute Gasteiger partial charge is 0.495 e. The van der Waals surface area contributed by atoms with Gasteiger partial charge >= 0.3 is 0 Å². The van der Waals surface area contributed by atoms with Gasteiger partial charge in [-0.3, -0.25) is 9.36 Å². The van der Waals surface area contributed by atoms with E-state index in [0.717, 1.165) is 5.56 Å². The first-order valence-corrected chi connectivity index (χ1v) is 10.9. The molecule has 0 aliphatic carbocycles. The van der Waals surface area contributed by atoms with Gasteiger partial charge < -0.3 is 19.5 Å². The molecule has 1 N–H and O–H groups in total. The van der Waals surface area contributed by atoms with Crippen LogP contribution in [0.25, 0.3) is 0 Å². The van der Waals surface area contributed by atoms with E-state index in [0.29, 0.717) is 40.5 Å². The standard InChI is InChI=1S/C23H26N4O4S/c1-5-12-27-21(14-31-19-11-10-16(2)13-20(19)30-4)25-26-23(27)32-15-22(28)24-17-8-6-7-9-18(17)29-3/h5-11,13H,1,12,14-15H2,2-4H3,(H,24,28). The highest BCUT2D eigenvalue weighted by molar-refractivity contribution is 7.99. The molecular weight excluding hydrogens is 428 g/mol. The van der Waals surface area contributed by atoms with Gasteiger partial charge in [0.2, 0.25) is 5.91 Å². The highest BCUT2D eigenvalue weighted by Gasteiger charge is 2.16. The summed E-state index contributed by atoms with van der Waals surface area (Å²) >= 11 is 1.29. The van der Waals surface area contributed by atoms with Crippen molar-refractivity contribution in [2.75, 3.05) is 25.3 Å². The number of carbonyl (C=O) groups is 1. The number of carbonyl (C=O) groups excluding carboxylic acids is 1. The van der Waals surface area contributed by atoms with Crippen LogP contribution in [0, 0.1) is 6.92 Å². The second-order valence-electron chi connectivity index (χ2n) is 6.78. The van der Waals surface area contributed by atoms with Crippen molar-refractivity contribution >= 4 is 23.4 Å². The van der Waals surface area contributed by atoms with Crippen molar-refractivity contribution in [3.05, 3.63) is 66.5 Å². The number of para-hydroxylation sites is 2. The number of hydrogen-bond acceptors (Lipinski definition) is 7. The number of allylic oxidation sites excluding steroid dienone is 1. The lowest BCUT2D eigenvalue weighted by Crippen LogP contribution is -2.15. The van der Waals surface area contributed by atoms with Crippen LogP contribution in [0.3, 0.4) is 0 Å². The molecule has 168 valence electrons. The van der Waals surface area contributed by atoms with Crippen molar-refractivity contribution in [1.82, 2.24) is 14.8 Å². The number of hydrogen-bond donors (Lipinski definition) is 1. The maximum Gasteiger partial charge on any atom is 0.234 e. The zero-order valence-corrected chi connectivity index (χ0v) is 19.1. The lowest BCUT2D eigenvalue weighted by Gasteiger charge is -2.12. The number of nitrogens with zero attached hydrogens (tertiary/aromatic N) is 3. The Morgan fingerprint density at radius 2 is 1.91 bits per heavy atom. The van der Waals surface area contributed by atoms with Crippen LogP contribution in [-0.2, 0) is 17.9 Å². The molecule has 1 heterocycles. The maximum atomic E-state index is 12.4. The zero-order chi connectivity index (χ0) is 22.9. The molecule has 0 unspecified atom stereocenters. The van der Waals surface area contributed by atoms with Gasteiger partial charge in [-0.05, 0) is 36.8 Å². The second kappa shape index (κ2) is 11.2. The summed E-state index contributed by atoms with van der Waals surface area (Å²) < 4.78 is 18.4. The predicted molar refractivity (Wildman–Crippen MR) is 125 cm³/mol. The minimum absolute atomic E-state index is 0.167. The van der Waals surface area contributed by atoms with Gasteiger partial charge in [0.25, 0.3) is 0 Å². The van der Waals surface area contributed by atoms with Gasteiger partial charge in [-0.15, -0.1) is 16.8 Å². The van der Waals surface area contributed by atoms with E-state index in [1.807, 2.05) is 41.8 Å². The topological polar surface area (TPSA) is 87.5 Å². The summed E-state index contributed by atoms with van der Waals surface area (Å²) in [5.41, 5.74) is 1.70. The number of aromatic nitrogens is 3. The van der Waals surface area contributed by atoms with Crippen molar-refractivity contribution in [3.8, 4) is 17.2 Å². The number of thioether (sulfide) groups is 1. The third-order valence-electron chi connectivity index (χ3n) is 4.49. The summed E-state index contributed by atoms with van der Waals surface area (Å²) in [5, 5.41) is 11.9. The van der Waals surface area contributed by atoms with E-state index in [4.69, 9.17) is 14.2 Å². The van der Waals surface area contributed by atoms with E-state index in [2.05, 4.69) is 22.1 Å². The molecule has 0 spiro atoms. The summed E-state index contributed by atoms with van der Waals surface area (Å²) in [5.74, 6) is 2.50. The average molecular weight is 455 g/mol. The van der Waals surface area contributed by atoms with Crippen molar-refractivity contribution in [2.45, 2.75) is 25.2 Å². The first-order valence-electron chi connectivity index (χ1n) is 9.91. The number of rotatable bonds is 11. The molecule has 0 aliphatic rings. The van der Waals surface area contributed by atoms with E-state index < -0.39 is 0 Å². The van der Waals surface area contributed by atoms with Crippen molar-refractivity contribution in [2.24, 2.45) is 0 Å². The number of nitrogens with one attached hydrogen (secondary N) is 1. The lowest BCUT2D eigenvalue weighted by molar-refractivity contribution is -0.113. The van der Waals surface area contributed by atoms with E-state index in [9.17, 15) is 4.79 Å². The first-order chi connectivity index (χ1) is 15.5. The Labute approximate surface area is 191 Å². The average Bonchev–Trinajstić information content (AvgIpc) is 3.18. The van der Waals surface area contributed by atoms with Crippen LogP contribution >= 0.6 is 11.8 Å². The molecule has 0 radical (unpaired) electrons. The Hall–Kier alpha value is -3.46. The van der Waals surface area contributed by atoms with Crippen molar-refractivity contribution in [3.63, 3.8) is 0 Å². The molecule has 0 saturated heterocycles. The monoisotopic (exact) mass is 454 g/mol. The van der Waals surface area contributed by atoms with E-state index in [-0.39, 0.29) is 18.3 Å². The number of aryl methyl sites for hydroxylation is 1. The third kappa shape index (κ3) is 5.82. The van der Waals surface area contributed by atoms with Crippen LogP contribution in [0.5, 0.6) is 17.2 Å². The molecule has 8 nitrogen and oxygen atoms in total. The van der Waals surface area contributed by atoms with E-state index in [1.165, 1.54) is 11.8 Å². The molecule has 2 aromatic carbocycles. The fourth-order valence-corrected chi connectivity index (χ4v) is 3.71. The fourth-order valence-electron chi connectivity index (χ4n) is 2.95. The highest BCUT2D eigenvalue weighted by Crippen LogP contribution is 2.29. The third-order valence-corrected chi connectivity index (χ3v) is 5.46. The molecular formula is C23H26N4O4S. The Morgan fingerprint density at radius 3 is 2.66 bits per heavy atom. The molecule has 9 heteroatoms. The van der Waals surface area contributed by atoms with Crippen LogP contribution < -0.4 is 19.5 Å². The molecule has 32 heavy (non-hydrogen) atoms. The minimum atomic E-state index is -0.171. The minimum Gasteiger partial charge on any atom is -0.495 e. The normalized spacial score (nSPS) is 10.5.